The predicted molar refractivity (Wildman–Crippen MR) is 63.2 cm³/mol. The summed E-state index contributed by atoms with van der Waals surface area (Å²) < 4.78 is 0. The first-order valence-corrected chi connectivity index (χ1v) is 5.57. The van der Waals surface area contributed by atoms with Crippen molar-refractivity contribution in [3.05, 3.63) is 23.4 Å². The molecule has 1 unspecified atom stereocenters. The van der Waals surface area contributed by atoms with E-state index >= 15 is 0 Å². The maximum Gasteiger partial charge on any atom is 0.128 e. The molecule has 2 N–H and O–H groups in total. The zero-order chi connectivity index (χ0) is 10.9. The number of rotatable bonds is 2. The Morgan fingerprint density at radius 2 is 2.40 bits per heavy atom. The number of nitrogens with two attached hydrogens (primary N) is 1. The highest BCUT2D eigenvalue weighted by molar-refractivity contribution is 6.30. The fourth-order valence-electron chi connectivity index (χ4n) is 1.94. The van der Waals surface area contributed by atoms with Crippen molar-refractivity contribution in [1.29, 1.82) is 0 Å². The van der Waals surface area contributed by atoms with E-state index in [9.17, 15) is 0 Å². The molecule has 0 saturated carbocycles. The number of nitrogens with zero attached hydrogens (tertiary/aromatic N) is 2. The minimum absolute atomic E-state index is 0.237. The third-order valence-corrected chi connectivity index (χ3v) is 3.31. The van der Waals surface area contributed by atoms with E-state index in [1.54, 1.807) is 6.20 Å². The highest BCUT2D eigenvalue weighted by Gasteiger charge is 2.32. The average Bonchev–Trinajstić information content (AvgIpc) is 2.63. The summed E-state index contributed by atoms with van der Waals surface area (Å²) in [6.07, 6.45) is 2.82. The van der Waals surface area contributed by atoms with Crippen LogP contribution in [-0.4, -0.2) is 24.6 Å². The second-order valence-corrected chi connectivity index (χ2v) is 4.96. The summed E-state index contributed by atoms with van der Waals surface area (Å²) in [6.45, 7) is 4.97. The predicted octanol–water partition coefficient (Wildman–Crippen LogP) is 1.91. The summed E-state index contributed by atoms with van der Waals surface area (Å²) in [6, 6.07) is 3.84. The highest BCUT2D eigenvalue weighted by atomic mass is 35.5. The minimum atomic E-state index is 0.237. The van der Waals surface area contributed by atoms with Crippen molar-refractivity contribution in [3.8, 4) is 0 Å². The van der Waals surface area contributed by atoms with E-state index in [1.165, 1.54) is 0 Å². The van der Waals surface area contributed by atoms with E-state index in [4.69, 9.17) is 17.3 Å². The Bertz CT molecular complexity index is 338. The second kappa shape index (κ2) is 3.99. The molecule has 82 valence electrons. The van der Waals surface area contributed by atoms with Gasteiger partial charge in [-0.15, -0.1) is 0 Å². The van der Waals surface area contributed by atoms with Gasteiger partial charge < -0.3 is 10.6 Å². The molecule has 15 heavy (non-hydrogen) atoms. The highest BCUT2D eigenvalue weighted by Crippen LogP contribution is 2.31. The summed E-state index contributed by atoms with van der Waals surface area (Å²) in [7, 11) is 0. The molecular formula is C11H16ClN3. The lowest BCUT2D eigenvalue weighted by Gasteiger charge is -2.23. The molecule has 1 aliphatic heterocycles. The van der Waals surface area contributed by atoms with E-state index in [0.717, 1.165) is 31.9 Å². The van der Waals surface area contributed by atoms with Crippen LogP contribution in [0.5, 0.6) is 0 Å². The molecule has 0 amide bonds. The standard InChI is InChI=1S/C11H16ClN3/c1-11(7-13)4-5-15(8-11)10-3-2-9(12)6-14-10/h2-3,6H,4-5,7-8,13H2,1H3. The number of pyridine rings is 1. The summed E-state index contributed by atoms with van der Waals surface area (Å²) >= 11 is 5.80. The van der Waals surface area contributed by atoms with E-state index in [2.05, 4.69) is 16.8 Å². The van der Waals surface area contributed by atoms with Crippen molar-refractivity contribution in [1.82, 2.24) is 4.98 Å². The lowest BCUT2D eigenvalue weighted by Crippen LogP contribution is -2.31. The summed E-state index contributed by atoms with van der Waals surface area (Å²) in [5.41, 5.74) is 6.00. The van der Waals surface area contributed by atoms with Crippen LogP contribution in [0.1, 0.15) is 13.3 Å². The van der Waals surface area contributed by atoms with Crippen LogP contribution < -0.4 is 10.6 Å². The van der Waals surface area contributed by atoms with Crippen molar-refractivity contribution in [2.45, 2.75) is 13.3 Å². The van der Waals surface area contributed by atoms with Gasteiger partial charge in [0.15, 0.2) is 0 Å². The number of anilines is 1. The van der Waals surface area contributed by atoms with Crippen LogP contribution in [0.4, 0.5) is 5.82 Å². The number of hydrogen-bond donors (Lipinski definition) is 1. The van der Waals surface area contributed by atoms with Gasteiger partial charge in [-0.1, -0.05) is 18.5 Å². The molecule has 3 nitrogen and oxygen atoms in total. The number of hydrogen-bond acceptors (Lipinski definition) is 3. The van der Waals surface area contributed by atoms with Gasteiger partial charge in [0.25, 0.3) is 0 Å². The molecule has 0 spiro atoms. The Kier molecular flexibility index (Phi) is 2.85. The Morgan fingerprint density at radius 3 is 2.93 bits per heavy atom. The molecule has 2 rings (SSSR count). The smallest absolute Gasteiger partial charge is 0.128 e. The van der Waals surface area contributed by atoms with Gasteiger partial charge in [-0.3, -0.25) is 0 Å². The first kappa shape index (κ1) is 10.7. The Morgan fingerprint density at radius 1 is 1.60 bits per heavy atom. The van der Waals surface area contributed by atoms with Gasteiger partial charge in [-0.25, -0.2) is 4.98 Å². The van der Waals surface area contributed by atoms with Gasteiger partial charge in [0.1, 0.15) is 5.82 Å². The number of aromatic nitrogens is 1. The van der Waals surface area contributed by atoms with Crippen molar-refractivity contribution < 1.29 is 0 Å². The van der Waals surface area contributed by atoms with E-state index in [1.807, 2.05) is 12.1 Å². The van der Waals surface area contributed by atoms with Gasteiger partial charge in [-0.05, 0) is 30.5 Å². The third kappa shape index (κ3) is 2.24. The van der Waals surface area contributed by atoms with Gasteiger partial charge in [0.2, 0.25) is 0 Å². The molecule has 1 saturated heterocycles. The minimum Gasteiger partial charge on any atom is -0.356 e. The first-order valence-electron chi connectivity index (χ1n) is 5.20. The molecular weight excluding hydrogens is 210 g/mol. The summed E-state index contributed by atoms with van der Waals surface area (Å²) in [4.78, 5) is 6.58. The molecule has 0 bridgehead atoms. The lowest BCUT2D eigenvalue weighted by atomic mass is 9.90. The Labute approximate surface area is 95.2 Å². The molecule has 0 radical (unpaired) electrons. The molecule has 1 fully saturated rings. The van der Waals surface area contributed by atoms with E-state index in [0.29, 0.717) is 5.02 Å². The summed E-state index contributed by atoms with van der Waals surface area (Å²) in [5.74, 6) is 0.997. The SMILES string of the molecule is CC1(CN)CCN(c2ccc(Cl)cn2)C1. The van der Waals surface area contributed by atoms with Gasteiger partial charge in [-0.2, -0.15) is 0 Å². The van der Waals surface area contributed by atoms with Crippen molar-refractivity contribution in [3.63, 3.8) is 0 Å². The van der Waals surface area contributed by atoms with Crippen LogP contribution in [-0.2, 0) is 0 Å². The normalized spacial score (nSPS) is 25.9. The van der Waals surface area contributed by atoms with Gasteiger partial charge in [0, 0.05) is 19.3 Å². The van der Waals surface area contributed by atoms with Crippen LogP contribution >= 0.6 is 11.6 Å². The summed E-state index contributed by atoms with van der Waals surface area (Å²) in [5, 5.41) is 0.680. The zero-order valence-corrected chi connectivity index (χ0v) is 9.67. The van der Waals surface area contributed by atoms with Crippen molar-refractivity contribution >= 4 is 17.4 Å². The largest absolute Gasteiger partial charge is 0.356 e. The molecule has 0 aliphatic carbocycles. The fraction of sp³-hybridized carbons (Fsp3) is 0.545. The molecule has 0 aromatic carbocycles. The van der Waals surface area contributed by atoms with Crippen LogP contribution in [0, 0.1) is 5.41 Å². The molecule has 1 aromatic rings. The Hall–Kier alpha value is -0.800. The maximum atomic E-state index is 5.80. The molecule has 2 heterocycles. The zero-order valence-electron chi connectivity index (χ0n) is 8.91. The fourth-order valence-corrected chi connectivity index (χ4v) is 2.05. The quantitative estimate of drug-likeness (QED) is 0.836. The lowest BCUT2D eigenvalue weighted by molar-refractivity contribution is 0.383. The first-order chi connectivity index (χ1) is 7.13. The molecule has 1 atom stereocenters. The van der Waals surface area contributed by atoms with Crippen LogP contribution in [0.2, 0.25) is 5.02 Å². The topological polar surface area (TPSA) is 42.1 Å². The number of halogens is 1. The van der Waals surface area contributed by atoms with Crippen molar-refractivity contribution in [2.24, 2.45) is 11.1 Å². The van der Waals surface area contributed by atoms with E-state index < -0.39 is 0 Å². The van der Waals surface area contributed by atoms with Crippen molar-refractivity contribution in [2.75, 3.05) is 24.5 Å². The van der Waals surface area contributed by atoms with Crippen LogP contribution in [0.3, 0.4) is 0 Å². The van der Waals surface area contributed by atoms with Gasteiger partial charge in [0.05, 0.1) is 5.02 Å². The van der Waals surface area contributed by atoms with E-state index in [-0.39, 0.29) is 5.41 Å². The molecule has 1 aromatic heterocycles. The Balaban J connectivity index is 2.11. The maximum absolute atomic E-state index is 5.80. The average molecular weight is 226 g/mol. The van der Waals surface area contributed by atoms with Crippen LogP contribution in [0.15, 0.2) is 18.3 Å². The molecule has 4 heteroatoms. The third-order valence-electron chi connectivity index (χ3n) is 3.09. The monoisotopic (exact) mass is 225 g/mol. The van der Waals surface area contributed by atoms with Crippen LogP contribution in [0.25, 0.3) is 0 Å². The molecule has 1 aliphatic rings. The van der Waals surface area contributed by atoms with Gasteiger partial charge >= 0.3 is 0 Å². The second-order valence-electron chi connectivity index (χ2n) is 4.52.